The molecular formula is C16H14F2N2O2S. The Balaban J connectivity index is 1.75. The summed E-state index contributed by atoms with van der Waals surface area (Å²) in [6.07, 6.45) is -0.187. The van der Waals surface area contributed by atoms with Gasteiger partial charge in [-0.3, -0.25) is 20.4 Å². The fraction of sp³-hybridized carbons (Fsp3) is 0.125. The van der Waals surface area contributed by atoms with Gasteiger partial charge in [-0.15, -0.1) is 11.8 Å². The van der Waals surface area contributed by atoms with E-state index >= 15 is 0 Å². The number of hydrogen-bond donors (Lipinski definition) is 2. The molecule has 0 atom stereocenters. The standard InChI is InChI=1S/C16H14F2N2O2S/c17-12-6-2-1-5-11(12)9-15(21)19-20-16(22)10-23-14-8-4-3-7-13(14)18/h1-8H,9-10H2,(H,19,21)(H,20,22). The number of hydrazine groups is 1. The molecule has 0 saturated heterocycles. The van der Waals surface area contributed by atoms with Crippen molar-refractivity contribution < 1.29 is 18.4 Å². The maximum Gasteiger partial charge on any atom is 0.248 e. The quantitative estimate of drug-likeness (QED) is 0.651. The van der Waals surface area contributed by atoms with Crippen molar-refractivity contribution in [2.75, 3.05) is 5.75 Å². The van der Waals surface area contributed by atoms with Crippen LogP contribution in [-0.2, 0) is 16.0 Å². The van der Waals surface area contributed by atoms with Crippen LogP contribution in [0.2, 0.25) is 0 Å². The van der Waals surface area contributed by atoms with Crippen molar-refractivity contribution in [1.29, 1.82) is 0 Å². The summed E-state index contributed by atoms with van der Waals surface area (Å²) in [7, 11) is 0. The summed E-state index contributed by atoms with van der Waals surface area (Å²) in [5.74, 6) is -1.97. The van der Waals surface area contributed by atoms with E-state index in [2.05, 4.69) is 10.9 Å². The monoisotopic (exact) mass is 336 g/mol. The lowest BCUT2D eigenvalue weighted by Crippen LogP contribution is -2.43. The number of carbonyl (C=O) groups excluding carboxylic acids is 2. The first-order valence-corrected chi connectivity index (χ1v) is 7.73. The average molecular weight is 336 g/mol. The molecule has 0 spiro atoms. The summed E-state index contributed by atoms with van der Waals surface area (Å²) in [6.45, 7) is 0. The van der Waals surface area contributed by atoms with Crippen LogP contribution < -0.4 is 10.9 Å². The van der Waals surface area contributed by atoms with Crippen LogP contribution in [0.25, 0.3) is 0 Å². The molecule has 0 radical (unpaired) electrons. The molecule has 120 valence electrons. The Kier molecular flexibility index (Phi) is 6.10. The summed E-state index contributed by atoms with van der Waals surface area (Å²) in [5, 5.41) is 0. The molecule has 0 saturated carbocycles. The van der Waals surface area contributed by atoms with Crippen molar-refractivity contribution >= 4 is 23.6 Å². The second-order valence-corrected chi connectivity index (χ2v) is 5.60. The largest absolute Gasteiger partial charge is 0.273 e. The van der Waals surface area contributed by atoms with Gasteiger partial charge in [0.1, 0.15) is 11.6 Å². The topological polar surface area (TPSA) is 58.2 Å². The number of nitrogens with one attached hydrogen (secondary N) is 2. The normalized spacial score (nSPS) is 10.2. The predicted octanol–water partition coefficient (Wildman–Crippen LogP) is 2.45. The lowest BCUT2D eigenvalue weighted by Gasteiger charge is -2.08. The molecule has 0 bridgehead atoms. The summed E-state index contributed by atoms with van der Waals surface area (Å²) in [4.78, 5) is 23.6. The summed E-state index contributed by atoms with van der Waals surface area (Å²) in [6, 6.07) is 12.0. The van der Waals surface area contributed by atoms with E-state index in [-0.39, 0.29) is 17.7 Å². The molecule has 0 unspecified atom stereocenters. The zero-order chi connectivity index (χ0) is 16.7. The molecule has 0 aliphatic carbocycles. The Morgan fingerprint density at radius 2 is 1.48 bits per heavy atom. The van der Waals surface area contributed by atoms with Gasteiger partial charge >= 0.3 is 0 Å². The number of rotatable bonds is 5. The van der Waals surface area contributed by atoms with Crippen LogP contribution in [0, 0.1) is 11.6 Å². The Morgan fingerprint density at radius 1 is 0.870 bits per heavy atom. The number of benzene rings is 2. The zero-order valence-corrected chi connectivity index (χ0v) is 12.8. The third-order valence-corrected chi connectivity index (χ3v) is 3.89. The van der Waals surface area contributed by atoms with Gasteiger partial charge in [0.15, 0.2) is 0 Å². The fourth-order valence-electron chi connectivity index (χ4n) is 1.74. The first-order chi connectivity index (χ1) is 11.1. The molecule has 7 heteroatoms. The molecule has 0 aromatic heterocycles. The molecule has 2 aromatic rings. The Bertz CT molecular complexity index is 710. The molecule has 0 aliphatic heterocycles. The first-order valence-electron chi connectivity index (χ1n) is 6.74. The van der Waals surface area contributed by atoms with Crippen LogP contribution in [0.4, 0.5) is 8.78 Å². The van der Waals surface area contributed by atoms with Crippen molar-refractivity contribution in [2.24, 2.45) is 0 Å². The third-order valence-electron chi connectivity index (χ3n) is 2.85. The highest BCUT2D eigenvalue weighted by Crippen LogP contribution is 2.20. The van der Waals surface area contributed by atoms with E-state index in [1.165, 1.54) is 24.3 Å². The molecule has 2 aromatic carbocycles. The van der Waals surface area contributed by atoms with E-state index in [4.69, 9.17) is 0 Å². The molecule has 23 heavy (non-hydrogen) atoms. The van der Waals surface area contributed by atoms with Crippen molar-refractivity contribution in [1.82, 2.24) is 10.9 Å². The van der Waals surface area contributed by atoms with Gasteiger partial charge in [-0.2, -0.15) is 0 Å². The van der Waals surface area contributed by atoms with E-state index in [1.807, 2.05) is 0 Å². The minimum atomic E-state index is -0.542. The van der Waals surface area contributed by atoms with Gasteiger partial charge in [0, 0.05) is 4.90 Å². The predicted molar refractivity (Wildman–Crippen MR) is 83.5 cm³/mol. The van der Waals surface area contributed by atoms with E-state index in [9.17, 15) is 18.4 Å². The highest BCUT2D eigenvalue weighted by molar-refractivity contribution is 8.00. The van der Waals surface area contributed by atoms with Crippen LogP contribution >= 0.6 is 11.8 Å². The van der Waals surface area contributed by atoms with Gasteiger partial charge in [0.25, 0.3) is 0 Å². The van der Waals surface area contributed by atoms with E-state index in [0.29, 0.717) is 4.90 Å². The van der Waals surface area contributed by atoms with Gasteiger partial charge in [0.2, 0.25) is 11.8 Å². The third kappa shape index (κ3) is 5.37. The van der Waals surface area contributed by atoms with E-state index in [0.717, 1.165) is 11.8 Å². The first kappa shape index (κ1) is 17.0. The molecule has 2 N–H and O–H groups in total. The number of hydrogen-bond acceptors (Lipinski definition) is 3. The van der Waals surface area contributed by atoms with Crippen LogP contribution in [-0.4, -0.2) is 17.6 Å². The second-order valence-electron chi connectivity index (χ2n) is 4.58. The van der Waals surface area contributed by atoms with Gasteiger partial charge in [-0.05, 0) is 23.8 Å². The van der Waals surface area contributed by atoms with Crippen molar-refractivity contribution in [3.63, 3.8) is 0 Å². The van der Waals surface area contributed by atoms with Crippen LogP contribution in [0.5, 0.6) is 0 Å². The maximum absolute atomic E-state index is 13.4. The van der Waals surface area contributed by atoms with Crippen molar-refractivity contribution in [3.8, 4) is 0 Å². The van der Waals surface area contributed by atoms with E-state index in [1.54, 1.807) is 24.3 Å². The molecule has 2 rings (SSSR count). The zero-order valence-electron chi connectivity index (χ0n) is 12.0. The second kappa shape index (κ2) is 8.28. The molecule has 2 amide bonds. The molecule has 0 heterocycles. The summed E-state index contributed by atoms with van der Waals surface area (Å²) >= 11 is 1.01. The molecule has 0 fully saturated rings. The van der Waals surface area contributed by atoms with Gasteiger partial charge < -0.3 is 0 Å². The highest BCUT2D eigenvalue weighted by atomic mass is 32.2. The van der Waals surface area contributed by atoms with Gasteiger partial charge in [-0.25, -0.2) is 8.78 Å². The Hall–Kier alpha value is -2.41. The molecular weight excluding hydrogens is 322 g/mol. The number of amides is 2. The maximum atomic E-state index is 13.4. The lowest BCUT2D eigenvalue weighted by atomic mass is 10.1. The highest BCUT2D eigenvalue weighted by Gasteiger charge is 2.10. The van der Waals surface area contributed by atoms with Gasteiger partial charge in [-0.1, -0.05) is 30.3 Å². The summed E-state index contributed by atoms with van der Waals surface area (Å²) in [5.41, 5.74) is 4.64. The average Bonchev–Trinajstić information content (AvgIpc) is 2.54. The Labute approximate surface area is 136 Å². The SMILES string of the molecule is O=C(CSc1ccccc1F)NNC(=O)Cc1ccccc1F. The summed E-state index contributed by atoms with van der Waals surface area (Å²) < 4.78 is 26.8. The number of halogens is 2. The minimum Gasteiger partial charge on any atom is -0.273 e. The number of thioether (sulfide) groups is 1. The van der Waals surface area contributed by atoms with Crippen LogP contribution in [0.15, 0.2) is 53.4 Å². The van der Waals surface area contributed by atoms with Crippen LogP contribution in [0.1, 0.15) is 5.56 Å². The van der Waals surface area contributed by atoms with E-state index < -0.39 is 23.4 Å². The van der Waals surface area contributed by atoms with Crippen molar-refractivity contribution in [2.45, 2.75) is 11.3 Å². The Morgan fingerprint density at radius 3 is 2.17 bits per heavy atom. The minimum absolute atomic E-state index is 0.0547. The van der Waals surface area contributed by atoms with Crippen molar-refractivity contribution in [3.05, 3.63) is 65.7 Å². The molecule has 4 nitrogen and oxygen atoms in total. The fourth-order valence-corrected chi connectivity index (χ4v) is 2.48. The molecule has 0 aliphatic rings. The number of carbonyl (C=O) groups is 2. The van der Waals surface area contributed by atoms with Gasteiger partial charge in [0.05, 0.1) is 12.2 Å². The smallest absolute Gasteiger partial charge is 0.248 e. The lowest BCUT2D eigenvalue weighted by molar-refractivity contribution is -0.127. The van der Waals surface area contributed by atoms with Crippen LogP contribution in [0.3, 0.4) is 0 Å².